The van der Waals surface area contributed by atoms with Gasteiger partial charge in [-0.2, -0.15) is 0 Å². The van der Waals surface area contributed by atoms with Crippen molar-refractivity contribution in [3.8, 4) is 5.75 Å². The van der Waals surface area contributed by atoms with E-state index in [1.54, 1.807) is 7.11 Å². The fourth-order valence-electron chi connectivity index (χ4n) is 3.59. The monoisotopic (exact) mass is 381 g/mol. The Kier molecular flexibility index (Phi) is 6.93. The zero-order valence-corrected chi connectivity index (χ0v) is 17.2. The number of aryl methyl sites for hydroxylation is 1. The van der Waals surface area contributed by atoms with Crippen LogP contribution < -0.4 is 9.64 Å². The lowest BCUT2D eigenvalue weighted by atomic mass is 10.1. The molecule has 0 aromatic heterocycles. The molecular weight excluding hydrogens is 350 g/mol. The number of methoxy groups -OCH3 is 1. The van der Waals surface area contributed by atoms with Crippen molar-refractivity contribution in [1.29, 1.82) is 0 Å². The summed E-state index contributed by atoms with van der Waals surface area (Å²) in [6.07, 6.45) is 1.05. The van der Waals surface area contributed by atoms with Crippen LogP contribution in [0.4, 0.5) is 5.69 Å². The Morgan fingerprint density at radius 3 is 2.14 bits per heavy atom. The van der Waals surface area contributed by atoms with Gasteiger partial charge in [-0.1, -0.05) is 31.2 Å². The molecule has 1 amide bonds. The lowest BCUT2D eigenvalue weighted by Gasteiger charge is -2.36. The molecule has 1 heterocycles. The third kappa shape index (κ3) is 5.26. The van der Waals surface area contributed by atoms with Crippen LogP contribution in [0.5, 0.6) is 5.75 Å². The first kappa shape index (κ1) is 20.2. The summed E-state index contributed by atoms with van der Waals surface area (Å²) in [4.78, 5) is 19.1. The van der Waals surface area contributed by atoms with Crippen LogP contribution in [0, 0.1) is 0 Å². The van der Waals surface area contributed by atoms with Crippen LogP contribution in [0.2, 0.25) is 0 Å². The van der Waals surface area contributed by atoms with Gasteiger partial charge < -0.3 is 14.5 Å². The highest BCUT2D eigenvalue weighted by Crippen LogP contribution is 2.20. The maximum Gasteiger partial charge on any atom is 0.236 e. The van der Waals surface area contributed by atoms with E-state index in [4.69, 9.17) is 4.74 Å². The second-order valence-corrected chi connectivity index (χ2v) is 7.41. The normalized spacial score (nSPS) is 14.4. The van der Waals surface area contributed by atoms with Gasteiger partial charge in [-0.25, -0.2) is 0 Å². The van der Waals surface area contributed by atoms with Gasteiger partial charge >= 0.3 is 0 Å². The number of amides is 1. The van der Waals surface area contributed by atoms with E-state index in [0.29, 0.717) is 6.54 Å². The molecule has 1 fully saturated rings. The molecule has 0 radical (unpaired) electrons. The lowest BCUT2D eigenvalue weighted by Crippen LogP contribution is -2.51. The maximum absolute atomic E-state index is 12.7. The summed E-state index contributed by atoms with van der Waals surface area (Å²) >= 11 is 0. The molecule has 0 bridgehead atoms. The van der Waals surface area contributed by atoms with Gasteiger partial charge in [0.05, 0.1) is 13.7 Å². The molecule has 1 saturated heterocycles. The predicted molar refractivity (Wildman–Crippen MR) is 114 cm³/mol. The lowest BCUT2D eigenvalue weighted by molar-refractivity contribution is -0.132. The Balaban J connectivity index is 1.46. The SMILES string of the molecule is CCc1ccc(CN(C)CC(=O)N2CCN(c3ccc(OC)cc3)CC2)cc1. The van der Waals surface area contributed by atoms with Crippen LogP contribution in [0.1, 0.15) is 18.1 Å². The summed E-state index contributed by atoms with van der Waals surface area (Å²) < 4.78 is 5.22. The molecule has 0 spiro atoms. The van der Waals surface area contributed by atoms with Gasteiger partial charge in [-0.05, 0) is 48.9 Å². The van der Waals surface area contributed by atoms with Gasteiger partial charge in [0, 0.05) is 38.4 Å². The first-order valence-corrected chi connectivity index (χ1v) is 10.0. The predicted octanol–water partition coefficient (Wildman–Crippen LogP) is 3.04. The van der Waals surface area contributed by atoms with E-state index in [0.717, 1.165) is 44.9 Å². The number of hydrogen-bond donors (Lipinski definition) is 0. The Bertz CT molecular complexity index is 750. The van der Waals surface area contributed by atoms with Crippen molar-refractivity contribution < 1.29 is 9.53 Å². The first-order chi connectivity index (χ1) is 13.6. The largest absolute Gasteiger partial charge is 0.497 e. The van der Waals surface area contributed by atoms with Crippen molar-refractivity contribution in [2.75, 3.05) is 51.8 Å². The summed E-state index contributed by atoms with van der Waals surface area (Å²) in [5.74, 6) is 1.08. The minimum atomic E-state index is 0.210. The standard InChI is InChI=1S/C23H31N3O2/c1-4-19-5-7-20(8-6-19)17-24(2)18-23(27)26-15-13-25(14-16-26)21-9-11-22(28-3)12-10-21/h5-12H,4,13-18H2,1-3H3. The minimum Gasteiger partial charge on any atom is -0.497 e. The van der Waals surface area contributed by atoms with Crippen LogP contribution in [-0.4, -0.2) is 62.6 Å². The van der Waals surface area contributed by atoms with Crippen LogP contribution >= 0.6 is 0 Å². The van der Waals surface area contributed by atoms with Gasteiger partial charge in [-0.3, -0.25) is 9.69 Å². The van der Waals surface area contributed by atoms with E-state index in [1.807, 2.05) is 24.1 Å². The van der Waals surface area contributed by atoms with Crippen molar-refractivity contribution in [3.63, 3.8) is 0 Å². The molecule has 1 aliphatic heterocycles. The molecule has 0 unspecified atom stereocenters. The van der Waals surface area contributed by atoms with Crippen LogP contribution in [-0.2, 0) is 17.8 Å². The summed E-state index contributed by atoms with van der Waals surface area (Å²) in [7, 11) is 3.69. The molecule has 5 heteroatoms. The first-order valence-electron chi connectivity index (χ1n) is 10.0. The molecule has 0 saturated carbocycles. The molecule has 28 heavy (non-hydrogen) atoms. The van der Waals surface area contributed by atoms with Gasteiger partial charge in [0.25, 0.3) is 0 Å². The number of ether oxygens (including phenoxy) is 1. The molecule has 150 valence electrons. The Labute approximate surface area is 168 Å². The van der Waals surface area contributed by atoms with E-state index >= 15 is 0 Å². The topological polar surface area (TPSA) is 36.0 Å². The van der Waals surface area contributed by atoms with Crippen LogP contribution in [0.25, 0.3) is 0 Å². The summed E-state index contributed by atoms with van der Waals surface area (Å²) in [5.41, 5.74) is 3.77. The highest BCUT2D eigenvalue weighted by molar-refractivity contribution is 5.78. The van der Waals surface area contributed by atoms with Gasteiger partial charge in [0.15, 0.2) is 0 Å². The number of nitrogens with zero attached hydrogens (tertiary/aromatic N) is 3. The van der Waals surface area contributed by atoms with Crippen molar-refractivity contribution in [2.24, 2.45) is 0 Å². The number of anilines is 1. The fourth-order valence-corrected chi connectivity index (χ4v) is 3.59. The highest BCUT2D eigenvalue weighted by Gasteiger charge is 2.22. The quantitative estimate of drug-likeness (QED) is 0.739. The molecule has 2 aromatic rings. The van der Waals surface area contributed by atoms with E-state index in [2.05, 4.69) is 53.1 Å². The minimum absolute atomic E-state index is 0.210. The number of carbonyl (C=O) groups is 1. The van der Waals surface area contributed by atoms with Gasteiger partial charge in [0.1, 0.15) is 5.75 Å². The van der Waals surface area contributed by atoms with Crippen molar-refractivity contribution in [2.45, 2.75) is 19.9 Å². The second kappa shape index (κ2) is 9.60. The van der Waals surface area contributed by atoms with E-state index in [-0.39, 0.29) is 5.91 Å². The molecule has 3 rings (SSSR count). The summed E-state index contributed by atoms with van der Waals surface area (Å²) in [5, 5.41) is 0. The van der Waals surface area contributed by atoms with Gasteiger partial charge in [0.2, 0.25) is 5.91 Å². The Hall–Kier alpha value is -2.53. The third-order valence-corrected chi connectivity index (χ3v) is 5.36. The van der Waals surface area contributed by atoms with Crippen molar-refractivity contribution >= 4 is 11.6 Å². The zero-order chi connectivity index (χ0) is 19.9. The number of rotatable bonds is 7. The van der Waals surface area contributed by atoms with Gasteiger partial charge in [-0.15, -0.1) is 0 Å². The molecule has 1 aliphatic rings. The van der Waals surface area contributed by atoms with Crippen LogP contribution in [0.15, 0.2) is 48.5 Å². The zero-order valence-electron chi connectivity index (χ0n) is 17.2. The number of benzene rings is 2. The number of likely N-dealkylation sites (N-methyl/N-ethyl adjacent to an activating group) is 1. The van der Waals surface area contributed by atoms with E-state index < -0.39 is 0 Å². The number of piperazine rings is 1. The Morgan fingerprint density at radius 2 is 1.57 bits per heavy atom. The van der Waals surface area contributed by atoms with Crippen molar-refractivity contribution in [3.05, 3.63) is 59.7 Å². The molecule has 0 N–H and O–H groups in total. The average molecular weight is 382 g/mol. The van der Waals surface area contributed by atoms with Crippen molar-refractivity contribution in [1.82, 2.24) is 9.80 Å². The van der Waals surface area contributed by atoms with Crippen LogP contribution in [0.3, 0.4) is 0 Å². The summed E-state index contributed by atoms with van der Waals surface area (Å²) in [6, 6.07) is 16.8. The molecule has 0 aliphatic carbocycles. The van der Waals surface area contributed by atoms with E-state index in [1.165, 1.54) is 16.8 Å². The van der Waals surface area contributed by atoms with E-state index in [9.17, 15) is 4.79 Å². The smallest absolute Gasteiger partial charge is 0.236 e. The molecule has 5 nitrogen and oxygen atoms in total. The third-order valence-electron chi connectivity index (χ3n) is 5.36. The summed E-state index contributed by atoms with van der Waals surface area (Å²) in [6.45, 7) is 6.67. The highest BCUT2D eigenvalue weighted by atomic mass is 16.5. The molecular formula is C23H31N3O2. The Morgan fingerprint density at radius 1 is 0.964 bits per heavy atom. The second-order valence-electron chi connectivity index (χ2n) is 7.41. The molecule has 2 aromatic carbocycles. The fraction of sp³-hybridized carbons (Fsp3) is 0.435. The maximum atomic E-state index is 12.7. The number of hydrogen-bond acceptors (Lipinski definition) is 4. The average Bonchev–Trinajstić information content (AvgIpc) is 2.74. The molecule has 0 atom stereocenters. The number of carbonyl (C=O) groups excluding carboxylic acids is 1.